The van der Waals surface area contributed by atoms with Crippen LogP contribution >= 0.6 is 11.6 Å². The van der Waals surface area contributed by atoms with Gasteiger partial charge in [0.2, 0.25) is 0 Å². The van der Waals surface area contributed by atoms with Gasteiger partial charge in [0.1, 0.15) is 5.02 Å². The summed E-state index contributed by atoms with van der Waals surface area (Å²) in [4.78, 5) is 19.2. The molecule has 1 aromatic heterocycles. The van der Waals surface area contributed by atoms with Crippen molar-refractivity contribution in [3.05, 3.63) is 21.7 Å². The van der Waals surface area contributed by atoms with Crippen LogP contribution in [0.3, 0.4) is 0 Å². The van der Waals surface area contributed by atoms with Gasteiger partial charge in [-0.15, -0.1) is 0 Å². The summed E-state index contributed by atoms with van der Waals surface area (Å²) in [6.45, 7) is 3.68. The van der Waals surface area contributed by atoms with E-state index >= 15 is 0 Å². The van der Waals surface area contributed by atoms with E-state index in [1.165, 1.54) is 6.33 Å². The molecule has 0 aliphatic carbocycles. The Morgan fingerprint density at radius 1 is 1.67 bits per heavy atom. The number of aromatic nitrogens is 2. The summed E-state index contributed by atoms with van der Waals surface area (Å²) in [5.41, 5.74) is -1.26. The first kappa shape index (κ1) is 12.0. The fourth-order valence-corrected chi connectivity index (χ4v) is 1.54. The van der Waals surface area contributed by atoms with Gasteiger partial charge in [-0.1, -0.05) is 11.6 Å². The van der Waals surface area contributed by atoms with Crippen molar-refractivity contribution in [3.8, 4) is 0 Å². The lowest BCUT2D eigenvalue weighted by Crippen LogP contribution is -2.37. The molecule has 0 fully saturated rings. The van der Waals surface area contributed by atoms with Gasteiger partial charge in [0.15, 0.2) is 5.82 Å². The quantitative estimate of drug-likeness (QED) is 0.801. The summed E-state index contributed by atoms with van der Waals surface area (Å²) in [7, 11) is 1.71. The van der Waals surface area contributed by atoms with Crippen molar-refractivity contribution in [2.75, 3.05) is 18.5 Å². The van der Waals surface area contributed by atoms with Crippen molar-refractivity contribution in [2.45, 2.75) is 19.4 Å². The predicted octanol–water partition coefficient (Wildman–Crippen LogP) is 0.630. The van der Waals surface area contributed by atoms with Crippen LogP contribution in [-0.2, 0) is 0 Å². The molecule has 0 saturated heterocycles. The van der Waals surface area contributed by atoms with E-state index in [0.717, 1.165) is 0 Å². The van der Waals surface area contributed by atoms with E-state index in [1.54, 1.807) is 25.8 Å². The van der Waals surface area contributed by atoms with Crippen molar-refractivity contribution < 1.29 is 5.11 Å². The number of anilines is 1. The van der Waals surface area contributed by atoms with Gasteiger partial charge in [-0.2, -0.15) is 0 Å². The third-order valence-electron chi connectivity index (χ3n) is 1.76. The zero-order valence-corrected chi connectivity index (χ0v) is 9.67. The minimum Gasteiger partial charge on any atom is -0.389 e. The third kappa shape index (κ3) is 3.21. The molecule has 0 amide bonds. The van der Waals surface area contributed by atoms with E-state index in [4.69, 9.17) is 11.6 Å². The summed E-state index contributed by atoms with van der Waals surface area (Å²) in [5, 5.41) is 9.64. The molecule has 0 spiro atoms. The lowest BCUT2D eigenvalue weighted by molar-refractivity contribution is 0.0884. The second-order valence-corrected chi connectivity index (χ2v) is 4.42. The Labute approximate surface area is 92.7 Å². The lowest BCUT2D eigenvalue weighted by atomic mass is 10.1. The number of aromatic amines is 1. The standard InChI is InChI=1S/C9H14ClN3O2/c1-9(2,15)4-13(3)7-6(10)8(14)12-5-11-7/h5,15H,4H2,1-3H3,(H,11,12,14). The van der Waals surface area contributed by atoms with Gasteiger partial charge in [-0.25, -0.2) is 4.98 Å². The second-order valence-electron chi connectivity index (χ2n) is 4.04. The molecule has 6 heteroatoms. The minimum atomic E-state index is -0.873. The fourth-order valence-electron chi connectivity index (χ4n) is 1.30. The van der Waals surface area contributed by atoms with Crippen LogP contribution < -0.4 is 10.5 Å². The van der Waals surface area contributed by atoms with E-state index in [9.17, 15) is 9.90 Å². The molecule has 0 aliphatic rings. The van der Waals surface area contributed by atoms with E-state index in [1.807, 2.05) is 0 Å². The predicted molar refractivity (Wildman–Crippen MR) is 59.4 cm³/mol. The molecule has 0 atom stereocenters. The van der Waals surface area contributed by atoms with Crippen molar-refractivity contribution >= 4 is 17.4 Å². The third-order valence-corrected chi connectivity index (χ3v) is 2.10. The molecule has 0 saturated carbocycles. The highest BCUT2D eigenvalue weighted by Crippen LogP contribution is 2.18. The molecule has 1 heterocycles. The SMILES string of the molecule is CN(CC(C)(C)O)c1nc[nH]c(=O)c1Cl. The van der Waals surface area contributed by atoms with Gasteiger partial charge < -0.3 is 15.0 Å². The molecule has 0 aromatic carbocycles. The number of halogens is 1. The summed E-state index contributed by atoms with van der Waals surface area (Å²) >= 11 is 5.79. The Morgan fingerprint density at radius 2 is 2.27 bits per heavy atom. The van der Waals surface area contributed by atoms with Gasteiger partial charge in [-0.3, -0.25) is 4.79 Å². The molecule has 0 bridgehead atoms. The zero-order chi connectivity index (χ0) is 11.6. The number of hydrogen-bond acceptors (Lipinski definition) is 4. The first-order chi connectivity index (χ1) is 6.81. The maximum absolute atomic E-state index is 11.2. The van der Waals surface area contributed by atoms with Gasteiger partial charge in [0.05, 0.1) is 11.9 Å². The molecule has 5 nitrogen and oxygen atoms in total. The zero-order valence-electron chi connectivity index (χ0n) is 8.91. The molecule has 0 unspecified atom stereocenters. The van der Waals surface area contributed by atoms with Crippen LogP contribution in [0.15, 0.2) is 11.1 Å². The number of likely N-dealkylation sites (N-methyl/N-ethyl adjacent to an activating group) is 1. The monoisotopic (exact) mass is 231 g/mol. The summed E-state index contributed by atoms with van der Waals surface area (Å²) in [5.74, 6) is 0.363. The number of aliphatic hydroxyl groups is 1. The topological polar surface area (TPSA) is 69.2 Å². The van der Waals surface area contributed by atoms with E-state index in [2.05, 4.69) is 9.97 Å². The Bertz CT molecular complexity index is 397. The van der Waals surface area contributed by atoms with Gasteiger partial charge >= 0.3 is 0 Å². The minimum absolute atomic E-state index is 0.0317. The lowest BCUT2D eigenvalue weighted by Gasteiger charge is -2.26. The van der Waals surface area contributed by atoms with E-state index in [0.29, 0.717) is 12.4 Å². The Morgan fingerprint density at radius 3 is 2.80 bits per heavy atom. The van der Waals surface area contributed by atoms with Crippen LogP contribution in [0.4, 0.5) is 5.82 Å². The molecule has 1 rings (SSSR count). The number of rotatable bonds is 3. The fraction of sp³-hybridized carbons (Fsp3) is 0.556. The van der Waals surface area contributed by atoms with Crippen LogP contribution in [0.2, 0.25) is 5.02 Å². The van der Waals surface area contributed by atoms with Crippen LogP contribution in [-0.4, -0.2) is 34.3 Å². The molecule has 0 radical (unpaired) electrons. The first-order valence-electron chi connectivity index (χ1n) is 4.48. The average Bonchev–Trinajstić information content (AvgIpc) is 2.06. The summed E-state index contributed by atoms with van der Waals surface area (Å²) in [6.07, 6.45) is 1.28. The second kappa shape index (κ2) is 4.20. The molecule has 1 aromatic rings. The van der Waals surface area contributed by atoms with Crippen LogP contribution in [0.25, 0.3) is 0 Å². The highest BCUT2D eigenvalue weighted by molar-refractivity contribution is 6.32. The van der Waals surface area contributed by atoms with E-state index in [-0.39, 0.29) is 10.6 Å². The van der Waals surface area contributed by atoms with Crippen LogP contribution in [0.1, 0.15) is 13.8 Å². The molecule has 2 N–H and O–H groups in total. The highest BCUT2D eigenvalue weighted by Gasteiger charge is 2.19. The smallest absolute Gasteiger partial charge is 0.271 e. The number of nitrogens with zero attached hydrogens (tertiary/aromatic N) is 2. The van der Waals surface area contributed by atoms with Gasteiger partial charge in [0.25, 0.3) is 5.56 Å². The Hall–Kier alpha value is -1.07. The maximum atomic E-state index is 11.2. The van der Waals surface area contributed by atoms with Crippen molar-refractivity contribution in [2.24, 2.45) is 0 Å². The number of hydrogen-bond donors (Lipinski definition) is 2. The highest BCUT2D eigenvalue weighted by atomic mass is 35.5. The van der Waals surface area contributed by atoms with Crippen LogP contribution in [0, 0.1) is 0 Å². The molecule has 15 heavy (non-hydrogen) atoms. The molecule has 84 valence electrons. The normalized spacial score (nSPS) is 11.5. The summed E-state index contributed by atoms with van der Waals surface area (Å²) < 4.78 is 0. The Balaban J connectivity index is 2.97. The Kier molecular flexibility index (Phi) is 3.36. The van der Waals surface area contributed by atoms with Crippen molar-refractivity contribution in [1.82, 2.24) is 9.97 Å². The van der Waals surface area contributed by atoms with Gasteiger partial charge in [0, 0.05) is 13.6 Å². The molecular weight excluding hydrogens is 218 g/mol. The van der Waals surface area contributed by atoms with Crippen molar-refractivity contribution in [3.63, 3.8) is 0 Å². The largest absolute Gasteiger partial charge is 0.389 e. The van der Waals surface area contributed by atoms with E-state index < -0.39 is 5.60 Å². The average molecular weight is 232 g/mol. The van der Waals surface area contributed by atoms with Crippen molar-refractivity contribution in [1.29, 1.82) is 0 Å². The summed E-state index contributed by atoms with van der Waals surface area (Å²) in [6, 6.07) is 0. The van der Waals surface area contributed by atoms with Gasteiger partial charge in [-0.05, 0) is 13.8 Å². The molecular formula is C9H14ClN3O2. The molecule has 0 aliphatic heterocycles. The number of H-pyrrole nitrogens is 1. The number of nitrogens with one attached hydrogen (secondary N) is 1. The van der Waals surface area contributed by atoms with Crippen LogP contribution in [0.5, 0.6) is 0 Å². The maximum Gasteiger partial charge on any atom is 0.271 e. The first-order valence-corrected chi connectivity index (χ1v) is 4.86.